The maximum absolute atomic E-state index is 12.2. The van der Waals surface area contributed by atoms with E-state index in [1.165, 1.54) is 0 Å². The van der Waals surface area contributed by atoms with Gasteiger partial charge in [-0.15, -0.1) is 12.4 Å². The molecular weight excluding hydrogens is 542 g/mol. The van der Waals surface area contributed by atoms with Crippen LogP contribution in [0.2, 0.25) is 0 Å². The standard InChI is InChI=1S/C31H43N5O4.ClH/c1-31(2,3)12-14-33-30(37)34-23-7-9-24(10-8-23)40-27-11-13-32-26-22-29(28(38-5)21-25(26)27)39-20-6-15-36-18-16-35(4)17-19-36;/h7-11,13,21-22H,6,12,14-20H2,1-5H3,(H2,33,34,37);1H. The first-order valence-electron chi connectivity index (χ1n) is 14.0. The lowest BCUT2D eigenvalue weighted by Gasteiger charge is -2.32. The van der Waals surface area contributed by atoms with Crippen molar-refractivity contribution >= 4 is 35.0 Å². The van der Waals surface area contributed by atoms with Crippen LogP contribution in [0, 0.1) is 5.41 Å². The van der Waals surface area contributed by atoms with Gasteiger partial charge in [0.25, 0.3) is 0 Å². The predicted octanol–water partition coefficient (Wildman–Crippen LogP) is 6.03. The van der Waals surface area contributed by atoms with Gasteiger partial charge in [-0.2, -0.15) is 0 Å². The lowest BCUT2D eigenvalue weighted by molar-refractivity contribution is 0.145. The van der Waals surface area contributed by atoms with E-state index in [9.17, 15) is 4.79 Å². The number of carbonyl (C=O) groups excluding carboxylic acids is 1. The molecule has 2 heterocycles. The molecule has 9 nitrogen and oxygen atoms in total. The fraction of sp³-hybridized carbons (Fsp3) is 0.484. The summed E-state index contributed by atoms with van der Waals surface area (Å²) in [6.45, 7) is 13.2. The molecule has 4 rings (SSSR count). The lowest BCUT2D eigenvalue weighted by atomic mass is 9.92. The summed E-state index contributed by atoms with van der Waals surface area (Å²) in [6, 6.07) is 12.7. The van der Waals surface area contributed by atoms with E-state index in [1.807, 2.05) is 42.5 Å². The summed E-state index contributed by atoms with van der Waals surface area (Å²) < 4.78 is 17.9. The first kappa shape index (κ1) is 32.2. The number of likely N-dealkylation sites (N-methyl/N-ethyl adjacent to an activating group) is 1. The molecule has 2 amide bonds. The number of urea groups is 1. The van der Waals surface area contributed by atoms with Gasteiger partial charge in [-0.25, -0.2) is 4.79 Å². The van der Waals surface area contributed by atoms with Crippen molar-refractivity contribution in [2.75, 3.05) is 65.3 Å². The highest BCUT2D eigenvalue weighted by Crippen LogP contribution is 2.37. The van der Waals surface area contributed by atoms with Crippen LogP contribution in [0.25, 0.3) is 10.9 Å². The molecule has 1 aliphatic rings. The van der Waals surface area contributed by atoms with E-state index in [0.29, 0.717) is 41.8 Å². The Bertz CT molecular complexity index is 1260. The number of hydrogen-bond acceptors (Lipinski definition) is 7. The highest BCUT2D eigenvalue weighted by Gasteiger charge is 2.15. The van der Waals surface area contributed by atoms with Crippen molar-refractivity contribution in [3.8, 4) is 23.0 Å². The maximum atomic E-state index is 12.2. The van der Waals surface area contributed by atoms with Crippen LogP contribution in [0.15, 0.2) is 48.7 Å². The Morgan fingerprint density at radius 1 is 1.00 bits per heavy atom. The minimum absolute atomic E-state index is 0. The van der Waals surface area contributed by atoms with Gasteiger partial charge in [0.05, 0.1) is 19.2 Å². The number of anilines is 1. The van der Waals surface area contributed by atoms with E-state index >= 15 is 0 Å². The highest BCUT2D eigenvalue weighted by molar-refractivity contribution is 5.90. The number of benzene rings is 2. The van der Waals surface area contributed by atoms with Crippen molar-refractivity contribution in [1.82, 2.24) is 20.1 Å². The second kappa shape index (κ2) is 15.1. The van der Waals surface area contributed by atoms with Crippen molar-refractivity contribution in [3.63, 3.8) is 0 Å². The van der Waals surface area contributed by atoms with E-state index in [-0.39, 0.29) is 23.9 Å². The van der Waals surface area contributed by atoms with Gasteiger partial charge < -0.3 is 34.6 Å². The second-order valence-corrected chi connectivity index (χ2v) is 11.5. The molecule has 0 unspecified atom stereocenters. The molecule has 0 bridgehead atoms. The topological polar surface area (TPSA) is 88.2 Å². The molecule has 224 valence electrons. The minimum Gasteiger partial charge on any atom is -0.493 e. The van der Waals surface area contributed by atoms with Crippen LogP contribution in [-0.2, 0) is 0 Å². The molecule has 0 saturated carbocycles. The lowest BCUT2D eigenvalue weighted by Crippen LogP contribution is -2.44. The number of hydrogen-bond donors (Lipinski definition) is 2. The summed E-state index contributed by atoms with van der Waals surface area (Å²) in [6.07, 6.45) is 3.58. The Morgan fingerprint density at radius 2 is 1.73 bits per heavy atom. The number of pyridine rings is 1. The Labute approximate surface area is 249 Å². The van der Waals surface area contributed by atoms with Crippen molar-refractivity contribution < 1.29 is 19.0 Å². The molecule has 0 atom stereocenters. The van der Waals surface area contributed by atoms with Gasteiger partial charge in [0.2, 0.25) is 0 Å². The van der Waals surface area contributed by atoms with Gasteiger partial charge in [0.1, 0.15) is 11.5 Å². The predicted molar refractivity (Wildman–Crippen MR) is 167 cm³/mol. The molecule has 3 aromatic rings. The third kappa shape index (κ3) is 9.95. The van der Waals surface area contributed by atoms with E-state index < -0.39 is 0 Å². The van der Waals surface area contributed by atoms with Gasteiger partial charge in [-0.05, 0) is 61.7 Å². The number of piperazine rings is 1. The number of nitrogens with one attached hydrogen (secondary N) is 2. The van der Waals surface area contributed by atoms with Gasteiger partial charge >= 0.3 is 6.03 Å². The molecule has 1 aromatic heterocycles. The van der Waals surface area contributed by atoms with E-state index in [2.05, 4.69) is 53.2 Å². The van der Waals surface area contributed by atoms with E-state index in [4.69, 9.17) is 14.2 Å². The van der Waals surface area contributed by atoms with Crippen LogP contribution in [0.5, 0.6) is 23.0 Å². The first-order valence-corrected chi connectivity index (χ1v) is 14.0. The van der Waals surface area contributed by atoms with Crippen molar-refractivity contribution in [2.24, 2.45) is 5.41 Å². The smallest absolute Gasteiger partial charge is 0.319 e. The van der Waals surface area contributed by atoms with E-state index in [1.54, 1.807) is 13.3 Å². The summed E-state index contributed by atoms with van der Waals surface area (Å²) in [5, 5.41) is 6.58. The number of rotatable bonds is 11. The zero-order valence-electron chi connectivity index (χ0n) is 24.9. The Morgan fingerprint density at radius 3 is 2.41 bits per heavy atom. The van der Waals surface area contributed by atoms with Crippen LogP contribution in [0.4, 0.5) is 10.5 Å². The largest absolute Gasteiger partial charge is 0.493 e. The third-order valence-electron chi connectivity index (χ3n) is 6.96. The zero-order chi connectivity index (χ0) is 28.5. The number of methoxy groups -OCH3 is 1. The number of amides is 2. The molecular formula is C31H44ClN5O4. The summed E-state index contributed by atoms with van der Waals surface area (Å²) in [5.41, 5.74) is 1.63. The number of ether oxygens (including phenoxy) is 3. The van der Waals surface area contributed by atoms with Crippen LogP contribution >= 0.6 is 12.4 Å². The molecule has 1 saturated heterocycles. The Kier molecular flexibility index (Phi) is 11.9. The van der Waals surface area contributed by atoms with Crippen molar-refractivity contribution in [1.29, 1.82) is 0 Å². The Hall–Kier alpha value is -3.27. The minimum atomic E-state index is -0.220. The van der Waals surface area contributed by atoms with Crippen molar-refractivity contribution in [3.05, 3.63) is 48.7 Å². The summed E-state index contributed by atoms with van der Waals surface area (Å²) in [5.74, 6) is 2.62. The first-order chi connectivity index (χ1) is 19.2. The Balaban J connectivity index is 0.00000462. The SMILES string of the molecule is COc1cc2c(Oc3ccc(NC(=O)NCCC(C)(C)C)cc3)ccnc2cc1OCCCN1CCN(C)CC1.Cl. The zero-order valence-corrected chi connectivity index (χ0v) is 25.7. The fourth-order valence-electron chi connectivity index (χ4n) is 4.49. The van der Waals surface area contributed by atoms with Gasteiger partial charge in [0.15, 0.2) is 11.5 Å². The number of carbonyl (C=O) groups is 1. The molecule has 41 heavy (non-hydrogen) atoms. The normalized spacial score (nSPS) is 14.3. The van der Waals surface area contributed by atoms with E-state index in [0.717, 1.165) is 56.5 Å². The molecule has 1 fully saturated rings. The molecule has 0 radical (unpaired) electrons. The number of aromatic nitrogens is 1. The number of halogens is 1. The van der Waals surface area contributed by atoms with Crippen molar-refractivity contribution in [2.45, 2.75) is 33.6 Å². The highest BCUT2D eigenvalue weighted by atomic mass is 35.5. The number of nitrogens with zero attached hydrogens (tertiary/aromatic N) is 3. The summed E-state index contributed by atoms with van der Waals surface area (Å²) in [7, 11) is 3.81. The third-order valence-corrected chi connectivity index (χ3v) is 6.96. The fourth-order valence-corrected chi connectivity index (χ4v) is 4.49. The van der Waals surface area contributed by atoms with Gasteiger partial charge in [-0.1, -0.05) is 20.8 Å². The van der Waals surface area contributed by atoms with Gasteiger partial charge in [-0.3, -0.25) is 4.98 Å². The van der Waals surface area contributed by atoms with Gasteiger partial charge in [0, 0.05) is 62.6 Å². The quantitative estimate of drug-likeness (QED) is 0.266. The maximum Gasteiger partial charge on any atom is 0.319 e. The molecule has 2 aromatic carbocycles. The second-order valence-electron chi connectivity index (χ2n) is 11.5. The van der Waals surface area contributed by atoms with Crippen LogP contribution in [-0.4, -0.2) is 80.8 Å². The van der Waals surface area contributed by atoms with Crippen LogP contribution in [0.1, 0.15) is 33.6 Å². The molecule has 10 heteroatoms. The summed E-state index contributed by atoms with van der Waals surface area (Å²) in [4.78, 5) is 21.6. The van der Waals surface area contributed by atoms with Crippen LogP contribution < -0.4 is 24.8 Å². The molecule has 1 aliphatic heterocycles. The molecule has 0 spiro atoms. The molecule has 2 N–H and O–H groups in total. The number of fused-ring (bicyclic) bond motifs is 1. The monoisotopic (exact) mass is 585 g/mol. The average Bonchev–Trinajstić information content (AvgIpc) is 2.92. The van der Waals surface area contributed by atoms with Crippen LogP contribution in [0.3, 0.4) is 0 Å². The summed E-state index contributed by atoms with van der Waals surface area (Å²) >= 11 is 0. The average molecular weight is 586 g/mol. The molecule has 0 aliphatic carbocycles.